The fraction of sp³-hybridized carbons (Fsp3) is 0.818. The van der Waals surface area contributed by atoms with E-state index in [0.29, 0.717) is 28.9 Å². The highest BCUT2D eigenvalue weighted by Gasteiger charge is 2.60. The number of esters is 1. The van der Waals surface area contributed by atoms with Crippen LogP contribution in [0.3, 0.4) is 0 Å². The molecular weight excluding hydrogens is 442 g/mol. The van der Waals surface area contributed by atoms with Gasteiger partial charge in [-0.05, 0) is 122 Å². The molecule has 2 unspecified atom stereocenters. The van der Waals surface area contributed by atoms with Gasteiger partial charge in [0.05, 0.1) is 12.2 Å². The van der Waals surface area contributed by atoms with Gasteiger partial charge in [-0.25, -0.2) is 4.79 Å². The summed E-state index contributed by atoms with van der Waals surface area (Å²) in [7, 11) is 0. The van der Waals surface area contributed by atoms with Crippen LogP contribution in [0.15, 0.2) is 24.5 Å². The number of carbonyl (C=O) groups is 1. The largest absolute Gasteiger partial charge is 0.462 e. The molecule has 5 rings (SSSR count). The molecule has 3 nitrogen and oxygen atoms in total. The van der Waals surface area contributed by atoms with Gasteiger partial charge in [-0.3, -0.25) is 4.98 Å². The third-order valence-electron chi connectivity index (χ3n) is 12.1. The highest BCUT2D eigenvalue weighted by molar-refractivity contribution is 5.89. The van der Waals surface area contributed by atoms with Crippen LogP contribution in [0.2, 0.25) is 0 Å². The van der Waals surface area contributed by atoms with Gasteiger partial charge < -0.3 is 4.74 Å². The number of rotatable bonds is 8. The molecule has 0 saturated heterocycles. The first-order valence-electron chi connectivity index (χ1n) is 15.4. The van der Waals surface area contributed by atoms with Crippen molar-refractivity contribution in [2.75, 3.05) is 6.61 Å². The molecule has 4 saturated carbocycles. The zero-order valence-electron chi connectivity index (χ0n) is 23.5. The Morgan fingerprint density at radius 1 is 0.944 bits per heavy atom. The average molecular weight is 494 g/mol. The molecule has 0 aromatic carbocycles. The van der Waals surface area contributed by atoms with Gasteiger partial charge in [-0.2, -0.15) is 0 Å². The van der Waals surface area contributed by atoms with Crippen LogP contribution in [0.25, 0.3) is 0 Å². The fourth-order valence-corrected chi connectivity index (χ4v) is 10.1. The molecule has 200 valence electrons. The molecule has 1 aromatic heterocycles. The van der Waals surface area contributed by atoms with E-state index in [1.807, 2.05) is 0 Å². The maximum Gasteiger partial charge on any atom is 0.338 e. The Hall–Kier alpha value is -1.38. The van der Waals surface area contributed by atoms with Crippen molar-refractivity contribution < 1.29 is 9.53 Å². The van der Waals surface area contributed by atoms with E-state index in [0.717, 1.165) is 41.9 Å². The fourth-order valence-electron chi connectivity index (χ4n) is 10.1. The minimum atomic E-state index is -0.228. The molecule has 0 radical (unpaired) electrons. The highest BCUT2D eigenvalue weighted by atomic mass is 16.5. The van der Waals surface area contributed by atoms with Crippen LogP contribution in [0.5, 0.6) is 0 Å². The molecule has 0 amide bonds. The van der Waals surface area contributed by atoms with Crippen molar-refractivity contribution >= 4 is 5.97 Å². The van der Waals surface area contributed by atoms with Gasteiger partial charge in [0.2, 0.25) is 0 Å². The Kier molecular flexibility index (Phi) is 7.85. The summed E-state index contributed by atoms with van der Waals surface area (Å²) in [5.74, 6) is 5.93. The van der Waals surface area contributed by atoms with Crippen molar-refractivity contribution in [3.8, 4) is 0 Å². The lowest BCUT2D eigenvalue weighted by molar-refractivity contribution is -0.114. The molecule has 0 spiro atoms. The first-order chi connectivity index (χ1) is 17.3. The molecule has 0 bridgehead atoms. The second-order valence-corrected chi connectivity index (χ2v) is 14.0. The van der Waals surface area contributed by atoms with Crippen molar-refractivity contribution in [1.29, 1.82) is 0 Å². The number of aromatic nitrogens is 1. The molecule has 4 fully saturated rings. The number of nitrogens with zero attached hydrogens (tertiary/aromatic N) is 1. The predicted octanol–water partition coefficient (Wildman–Crippen LogP) is 8.73. The van der Waals surface area contributed by atoms with Crippen molar-refractivity contribution in [2.24, 2.45) is 52.3 Å². The number of fused-ring (bicyclic) bond motifs is 5. The van der Waals surface area contributed by atoms with Crippen molar-refractivity contribution in [3.63, 3.8) is 0 Å². The normalized spacial score (nSPS) is 39.4. The Labute approximate surface area is 220 Å². The van der Waals surface area contributed by atoms with Crippen LogP contribution in [-0.2, 0) is 4.74 Å². The standard InChI is InChI=1S/C33H51NO2/c1-23(22-36-31(35)25-16-20-34-21-17-25)8-7-9-24(2)28-13-14-29-27-12-11-26-10-5-6-18-32(26,3)30(27)15-19-33(28,29)4/h16-17,20-21,23-24,26-30H,5-15,18-19,22H2,1-4H3/t23?,24-,26?,27+,28-,29+,30+,32+,33-/m1/s1. The molecule has 1 heterocycles. The number of carbonyl (C=O) groups excluding carboxylic acids is 1. The Bertz CT molecular complexity index is 885. The summed E-state index contributed by atoms with van der Waals surface area (Å²) in [6.07, 6.45) is 22.0. The molecule has 0 N–H and O–H groups in total. The van der Waals surface area contributed by atoms with E-state index in [9.17, 15) is 4.79 Å². The SMILES string of the molecule is CC(CCC[C@@H](C)[C@H]1CC[C@H]2[C@@H]3CCC4CCCC[C@]4(C)[C@H]3CC[C@]12C)COC(=O)c1ccncc1. The molecule has 3 heteroatoms. The van der Waals surface area contributed by atoms with E-state index < -0.39 is 0 Å². The first kappa shape index (κ1) is 26.2. The second-order valence-electron chi connectivity index (χ2n) is 14.0. The van der Waals surface area contributed by atoms with Crippen LogP contribution in [0.1, 0.15) is 122 Å². The second kappa shape index (κ2) is 10.8. The Balaban J connectivity index is 1.11. The van der Waals surface area contributed by atoms with E-state index in [1.165, 1.54) is 77.0 Å². The average Bonchev–Trinajstić information content (AvgIpc) is 3.24. The summed E-state index contributed by atoms with van der Waals surface area (Å²) in [5, 5.41) is 0. The van der Waals surface area contributed by atoms with E-state index in [1.54, 1.807) is 24.5 Å². The van der Waals surface area contributed by atoms with E-state index >= 15 is 0 Å². The van der Waals surface area contributed by atoms with E-state index in [2.05, 4.69) is 32.7 Å². The molecule has 36 heavy (non-hydrogen) atoms. The summed E-state index contributed by atoms with van der Waals surface area (Å²) < 4.78 is 5.56. The van der Waals surface area contributed by atoms with Gasteiger partial charge in [0.15, 0.2) is 0 Å². The minimum Gasteiger partial charge on any atom is -0.462 e. The number of pyridine rings is 1. The molecule has 4 aliphatic carbocycles. The summed E-state index contributed by atoms with van der Waals surface area (Å²) in [5.41, 5.74) is 1.82. The zero-order valence-corrected chi connectivity index (χ0v) is 23.5. The summed E-state index contributed by atoms with van der Waals surface area (Å²) >= 11 is 0. The van der Waals surface area contributed by atoms with Crippen LogP contribution in [-0.4, -0.2) is 17.6 Å². The third-order valence-corrected chi connectivity index (χ3v) is 12.1. The highest BCUT2D eigenvalue weighted by Crippen LogP contribution is 2.68. The predicted molar refractivity (Wildman–Crippen MR) is 147 cm³/mol. The van der Waals surface area contributed by atoms with Crippen molar-refractivity contribution in [3.05, 3.63) is 30.1 Å². The van der Waals surface area contributed by atoms with Crippen LogP contribution < -0.4 is 0 Å². The molecule has 9 atom stereocenters. The number of hydrogen-bond donors (Lipinski definition) is 0. The molecule has 4 aliphatic rings. The van der Waals surface area contributed by atoms with Gasteiger partial charge in [0.25, 0.3) is 0 Å². The van der Waals surface area contributed by atoms with Crippen LogP contribution in [0.4, 0.5) is 0 Å². The topological polar surface area (TPSA) is 39.2 Å². The quantitative estimate of drug-likeness (QED) is 0.340. The van der Waals surface area contributed by atoms with E-state index in [4.69, 9.17) is 4.74 Å². The minimum absolute atomic E-state index is 0.228. The zero-order chi connectivity index (χ0) is 25.3. The lowest BCUT2D eigenvalue weighted by Gasteiger charge is -2.61. The van der Waals surface area contributed by atoms with Crippen LogP contribution in [0, 0.1) is 52.3 Å². The number of hydrogen-bond acceptors (Lipinski definition) is 3. The van der Waals surface area contributed by atoms with Crippen molar-refractivity contribution in [2.45, 2.75) is 111 Å². The maximum absolute atomic E-state index is 12.2. The molecule has 0 aliphatic heterocycles. The number of ether oxygens (including phenoxy) is 1. The van der Waals surface area contributed by atoms with E-state index in [-0.39, 0.29) is 5.97 Å². The lowest BCUT2D eigenvalue weighted by atomic mass is 9.44. The molecule has 1 aromatic rings. The molecular formula is C33H51NO2. The Morgan fingerprint density at radius 3 is 2.53 bits per heavy atom. The first-order valence-corrected chi connectivity index (χ1v) is 15.4. The van der Waals surface area contributed by atoms with Gasteiger partial charge in [0, 0.05) is 12.4 Å². The van der Waals surface area contributed by atoms with Crippen LogP contribution >= 0.6 is 0 Å². The van der Waals surface area contributed by atoms with Crippen molar-refractivity contribution in [1.82, 2.24) is 4.98 Å². The van der Waals surface area contributed by atoms with Gasteiger partial charge in [-0.1, -0.05) is 53.4 Å². The summed E-state index contributed by atoms with van der Waals surface area (Å²) in [4.78, 5) is 16.2. The smallest absolute Gasteiger partial charge is 0.338 e. The third kappa shape index (κ3) is 4.90. The van der Waals surface area contributed by atoms with Gasteiger partial charge in [0.1, 0.15) is 0 Å². The Morgan fingerprint density at radius 2 is 1.72 bits per heavy atom. The summed E-state index contributed by atoms with van der Waals surface area (Å²) in [6, 6.07) is 3.44. The maximum atomic E-state index is 12.2. The summed E-state index contributed by atoms with van der Waals surface area (Å²) in [6.45, 7) is 10.7. The van der Waals surface area contributed by atoms with Gasteiger partial charge in [-0.15, -0.1) is 0 Å². The lowest BCUT2D eigenvalue weighted by Crippen LogP contribution is -2.53. The van der Waals surface area contributed by atoms with Gasteiger partial charge >= 0.3 is 5.97 Å². The monoisotopic (exact) mass is 493 g/mol.